The molecule has 5 fully saturated rings. The molecule has 0 spiro atoms. The van der Waals surface area contributed by atoms with Crippen molar-refractivity contribution in [1.82, 2.24) is 0 Å². The van der Waals surface area contributed by atoms with Gasteiger partial charge in [0.25, 0.3) is 0 Å². The van der Waals surface area contributed by atoms with Gasteiger partial charge in [-0.05, 0) is 123 Å². The van der Waals surface area contributed by atoms with Gasteiger partial charge < -0.3 is 0 Å². The molecule has 0 nitrogen and oxygen atoms in total. The number of hydrogen-bond donors (Lipinski definition) is 0. The molecule has 0 amide bonds. The third-order valence-corrected chi connectivity index (χ3v) is 11.8. The second kappa shape index (κ2) is 11.1. The van der Waals surface area contributed by atoms with Crippen LogP contribution in [0.3, 0.4) is 0 Å². The van der Waals surface area contributed by atoms with Gasteiger partial charge in [0, 0.05) is 0 Å². The fraction of sp³-hybridized carbons (Fsp3) is 0.824. The Hall–Kier alpha value is -0.780. The minimum Gasteiger partial charge on any atom is -0.0654 e. The van der Waals surface area contributed by atoms with Crippen LogP contribution < -0.4 is 0 Å². The number of unbranched alkanes of at least 4 members (excludes halogenated alkanes) is 2. The highest BCUT2D eigenvalue weighted by molar-refractivity contribution is 5.33. The molecule has 1 aromatic carbocycles. The van der Waals surface area contributed by atoms with E-state index >= 15 is 0 Å². The SMILES string of the molecule is CCCCCC1CCC(C23CCC(c4ccc([C@H]5CC[C@H](CCC)CC5)cc4)(CC2)CC3)CC1. The zero-order valence-corrected chi connectivity index (χ0v) is 22.8. The highest BCUT2D eigenvalue weighted by atomic mass is 14.6. The van der Waals surface area contributed by atoms with E-state index in [1.807, 2.05) is 0 Å². The molecule has 5 aliphatic rings. The third-order valence-electron chi connectivity index (χ3n) is 11.8. The quantitative estimate of drug-likeness (QED) is 0.320. The van der Waals surface area contributed by atoms with Gasteiger partial charge in [0.15, 0.2) is 0 Å². The highest BCUT2D eigenvalue weighted by Crippen LogP contribution is 2.62. The first-order chi connectivity index (χ1) is 16.7. The zero-order valence-electron chi connectivity index (χ0n) is 22.8. The van der Waals surface area contributed by atoms with E-state index in [-0.39, 0.29) is 0 Å². The van der Waals surface area contributed by atoms with Crippen LogP contribution in [-0.4, -0.2) is 0 Å². The van der Waals surface area contributed by atoms with Gasteiger partial charge in [-0.3, -0.25) is 0 Å². The van der Waals surface area contributed by atoms with Gasteiger partial charge in [0.2, 0.25) is 0 Å². The summed E-state index contributed by atoms with van der Waals surface area (Å²) in [5, 5.41) is 0. The van der Waals surface area contributed by atoms with Crippen molar-refractivity contribution in [2.75, 3.05) is 0 Å². The van der Waals surface area contributed by atoms with Crippen molar-refractivity contribution in [1.29, 1.82) is 0 Å². The van der Waals surface area contributed by atoms with Crippen LogP contribution in [0.1, 0.15) is 159 Å². The largest absolute Gasteiger partial charge is 0.0654 e. The third kappa shape index (κ3) is 5.18. The van der Waals surface area contributed by atoms with Gasteiger partial charge in [0.05, 0.1) is 0 Å². The van der Waals surface area contributed by atoms with Gasteiger partial charge in [0.1, 0.15) is 0 Å². The summed E-state index contributed by atoms with van der Waals surface area (Å²) in [6.45, 7) is 4.70. The Bertz CT molecular complexity index is 716. The number of fused-ring (bicyclic) bond motifs is 3. The number of hydrogen-bond acceptors (Lipinski definition) is 0. The van der Waals surface area contributed by atoms with Crippen molar-refractivity contribution < 1.29 is 0 Å². The summed E-state index contributed by atoms with van der Waals surface area (Å²) < 4.78 is 0. The minimum absolute atomic E-state index is 0.524. The minimum atomic E-state index is 0.524. The van der Waals surface area contributed by atoms with E-state index in [2.05, 4.69) is 38.1 Å². The molecular formula is C34H54. The number of rotatable bonds is 9. The molecule has 0 heteroatoms. The van der Waals surface area contributed by atoms with Crippen LogP contribution in [0.15, 0.2) is 24.3 Å². The maximum Gasteiger partial charge on any atom is -0.00463 e. The molecule has 190 valence electrons. The summed E-state index contributed by atoms with van der Waals surface area (Å²) in [5.74, 6) is 3.96. The van der Waals surface area contributed by atoms with E-state index in [1.54, 1.807) is 36.8 Å². The van der Waals surface area contributed by atoms with Gasteiger partial charge in [-0.1, -0.05) is 89.5 Å². The van der Waals surface area contributed by atoms with Crippen LogP contribution >= 0.6 is 0 Å². The molecule has 2 bridgehead atoms. The monoisotopic (exact) mass is 462 g/mol. The molecule has 34 heavy (non-hydrogen) atoms. The molecule has 1 aromatic rings. The molecule has 0 atom stereocenters. The van der Waals surface area contributed by atoms with Crippen LogP contribution in [-0.2, 0) is 5.41 Å². The summed E-state index contributed by atoms with van der Waals surface area (Å²) in [6.07, 6.45) is 29.7. The predicted molar refractivity (Wildman–Crippen MR) is 147 cm³/mol. The lowest BCUT2D eigenvalue weighted by atomic mass is 9.47. The van der Waals surface area contributed by atoms with Gasteiger partial charge in [-0.15, -0.1) is 0 Å². The lowest BCUT2D eigenvalue weighted by Crippen LogP contribution is -2.48. The molecule has 5 saturated carbocycles. The first-order valence-corrected chi connectivity index (χ1v) is 15.8. The average Bonchev–Trinajstić information content (AvgIpc) is 2.91. The fourth-order valence-electron chi connectivity index (χ4n) is 9.31. The Balaban J connectivity index is 1.14. The average molecular weight is 463 g/mol. The Labute approximate surface area is 212 Å². The van der Waals surface area contributed by atoms with E-state index in [9.17, 15) is 0 Å². The lowest BCUT2D eigenvalue weighted by Gasteiger charge is -2.58. The Morgan fingerprint density at radius 2 is 1.21 bits per heavy atom. The zero-order chi connectivity index (χ0) is 23.4. The summed E-state index contributed by atoms with van der Waals surface area (Å²) in [7, 11) is 0. The van der Waals surface area contributed by atoms with Crippen molar-refractivity contribution in [3.8, 4) is 0 Å². The smallest absolute Gasteiger partial charge is 0.00463 e. The second-order valence-corrected chi connectivity index (χ2v) is 13.5. The second-order valence-electron chi connectivity index (χ2n) is 13.5. The first-order valence-electron chi connectivity index (χ1n) is 15.8. The lowest BCUT2D eigenvalue weighted by molar-refractivity contribution is -0.0294. The predicted octanol–water partition coefficient (Wildman–Crippen LogP) is 10.7. The van der Waals surface area contributed by atoms with E-state index in [0.717, 1.165) is 29.1 Å². The summed E-state index contributed by atoms with van der Waals surface area (Å²) in [5.41, 5.74) is 4.60. The van der Waals surface area contributed by atoms with Gasteiger partial charge in [-0.2, -0.15) is 0 Å². The van der Waals surface area contributed by atoms with Crippen LogP contribution in [0.2, 0.25) is 0 Å². The van der Waals surface area contributed by atoms with Gasteiger partial charge in [-0.25, -0.2) is 0 Å². The van der Waals surface area contributed by atoms with E-state index in [0.29, 0.717) is 5.41 Å². The fourth-order valence-corrected chi connectivity index (χ4v) is 9.31. The van der Waals surface area contributed by atoms with E-state index in [4.69, 9.17) is 0 Å². The molecule has 0 saturated heterocycles. The van der Waals surface area contributed by atoms with Gasteiger partial charge >= 0.3 is 0 Å². The first kappa shape index (κ1) is 24.9. The van der Waals surface area contributed by atoms with E-state index < -0.39 is 0 Å². The molecule has 0 aromatic heterocycles. The Morgan fingerprint density at radius 1 is 0.618 bits per heavy atom. The summed E-state index contributed by atoms with van der Waals surface area (Å²) >= 11 is 0. The topological polar surface area (TPSA) is 0 Å². The molecule has 0 heterocycles. The van der Waals surface area contributed by atoms with Crippen molar-refractivity contribution in [2.45, 2.75) is 154 Å². The van der Waals surface area contributed by atoms with E-state index in [1.165, 1.54) is 103 Å². The maximum atomic E-state index is 2.58. The standard InChI is InChI=1S/C34H54/c1-3-5-6-8-28-11-17-31(18-12-28)33-21-24-34(25-22-33,26-23-33)32-19-15-30(16-20-32)29-13-9-27(7-4-2)10-14-29/h15-16,19-20,27-29,31H,3-14,17-18,21-26H2,1-2H3/t27-,28?,29-,31?,33?,34?. The summed E-state index contributed by atoms with van der Waals surface area (Å²) in [6, 6.07) is 10.2. The molecule has 0 radical (unpaired) electrons. The molecular weight excluding hydrogens is 408 g/mol. The van der Waals surface area contributed by atoms with Crippen molar-refractivity contribution in [3.63, 3.8) is 0 Å². The van der Waals surface area contributed by atoms with Crippen molar-refractivity contribution in [2.24, 2.45) is 23.2 Å². The Morgan fingerprint density at radius 3 is 1.79 bits per heavy atom. The van der Waals surface area contributed by atoms with Crippen LogP contribution in [0, 0.1) is 23.2 Å². The molecule has 0 unspecified atom stereocenters. The van der Waals surface area contributed by atoms with Crippen LogP contribution in [0.5, 0.6) is 0 Å². The normalized spacial score (nSPS) is 38.2. The molecule has 5 aliphatic carbocycles. The molecule has 0 aliphatic heterocycles. The Kier molecular flexibility index (Phi) is 8.12. The van der Waals surface area contributed by atoms with Crippen LogP contribution in [0.25, 0.3) is 0 Å². The molecule has 0 N–H and O–H groups in total. The molecule has 6 rings (SSSR count). The highest BCUT2D eigenvalue weighted by Gasteiger charge is 2.52. The van der Waals surface area contributed by atoms with Crippen LogP contribution in [0.4, 0.5) is 0 Å². The number of benzene rings is 1. The summed E-state index contributed by atoms with van der Waals surface area (Å²) in [4.78, 5) is 0. The van der Waals surface area contributed by atoms with Crippen molar-refractivity contribution >= 4 is 0 Å². The maximum absolute atomic E-state index is 2.58. The van der Waals surface area contributed by atoms with Crippen molar-refractivity contribution in [3.05, 3.63) is 35.4 Å².